The smallest absolute Gasteiger partial charge is 0.241 e. The standard InChI is InChI=1S/C17H20BrN3O2/c18-9-3-6-16(22)21-10-7-14(8-11-21)23-17-15-5-2-1-4-13(15)12-19-20-17/h1-2,4-5,12,14H,3,6-11H2. The Bertz CT molecular complexity index is 666. The van der Waals surface area contributed by atoms with E-state index in [1.807, 2.05) is 29.2 Å². The maximum Gasteiger partial charge on any atom is 0.241 e. The topological polar surface area (TPSA) is 55.3 Å². The van der Waals surface area contributed by atoms with E-state index in [0.29, 0.717) is 12.3 Å². The molecule has 1 aromatic heterocycles. The van der Waals surface area contributed by atoms with Gasteiger partial charge in [-0.25, -0.2) is 0 Å². The third-order valence-electron chi connectivity index (χ3n) is 4.13. The second-order valence-electron chi connectivity index (χ2n) is 5.73. The van der Waals surface area contributed by atoms with Gasteiger partial charge in [0.25, 0.3) is 0 Å². The van der Waals surface area contributed by atoms with Crippen LogP contribution in [0.5, 0.6) is 5.88 Å². The summed E-state index contributed by atoms with van der Waals surface area (Å²) in [6.07, 6.45) is 5.02. The Morgan fingerprint density at radius 2 is 2.09 bits per heavy atom. The van der Waals surface area contributed by atoms with Gasteiger partial charge in [-0.3, -0.25) is 4.79 Å². The average molecular weight is 378 g/mol. The lowest BCUT2D eigenvalue weighted by Crippen LogP contribution is -2.41. The van der Waals surface area contributed by atoms with Gasteiger partial charge in [-0.1, -0.05) is 34.1 Å². The molecule has 0 spiro atoms. The fourth-order valence-corrected chi connectivity index (χ4v) is 3.13. The van der Waals surface area contributed by atoms with Gasteiger partial charge >= 0.3 is 0 Å². The summed E-state index contributed by atoms with van der Waals surface area (Å²) in [7, 11) is 0. The molecule has 3 rings (SSSR count). The molecule has 2 heterocycles. The van der Waals surface area contributed by atoms with Gasteiger partial charge in [-0.15, -0.1) is 5.10 Å². The summed E-state index contributed by atoms with van der Waals surface area (Å²) in [4.78, 5) is 14.0. The predicted octanol–water partition coefficient (Wildman–Crippen LogP) is 3.17. The molecule has 1 aromatic carbocycles. The summed E-state index contributed by atoms with van der Waals surface area (Å²) in [6, 6.07) is 7.95. The molecule has 1 saturated heterocycles. The Hall–Kier alpha value is -1.69. The summed E-state index contributed by atoms with van der Waals surface area (Å²) >= 11 is 3.36. The highest BCUT2D eigenvalue weighted by molar-refractivity contribution is 9.09. The Kier molecular flexibility index (Phi) is 5.43. The van der Waals surface area contributed by atoms with Crippen LogP contribution in [0.1, 0.15) is 25.7 Å². The first-order valence-electron chi connectivity index (χ1n) is 7.99. The first-order valence-corrected chi connectivity index (χ1v) is 9.11. The number of benzene rings is 1. The number of ether oxygens (including phenoxy) is 1. The number of hydrogen-bond acceptors (Lipinski definition) is 4. The second-order valence-corrected chi connectivity index (χ2v) is 6.52. The molecule has 0 bridgehead atoms. The summed E-state index contributed by atoms with van der Waals surface area (Å²) < 4.78 is 6.06. The van der Waals surface area contributed by atoms with Crippen LogP contribution in [-0.2, 0) is 4.79 Å². The number of hydrogen-bond donors (Lipinski definition) is 0. The van der Waals surface area contributed by atoms with Gasteiger partial charge in [0.15, 0.2) is 0 Å². The molecule has 0 aliphatic carbocycles. The molecule has 23 heavy (non-hydrogen) atoms. The fourth-order valence-electron chi connectivity index (χ4n) is 2.85. The molecule has 0 unspecified atom stereocenters. The van der Waals surface area contributed by atoms with Crippen molar-refractivity contribution >= 4 is 32.6 Å². The van der Waals surface area contributed by atoms with Crippen molar-refractivity contribution in [2.24, 2.45) is 0 Å². The number of fused-ring (bicyclic) bond motifs is 1. The number of nitrogens with zero attached hydrogens (tertiary/aromatic N) is 3. The molecule has 0 N–H and O–H groups in total. The molecule has 5 nitrogen and oxygen atoms in total. The number of alkyl halides is 1. The molecule has 0 atom stereocenters. The predicted molar refractivity (Wildman–Crippen MR) is 92.8 cm³/mol. The third kappa shape index (κ3) is 3.99. The average Bonchev–Trinajstić information content (AvgIpc) is 2.60. The molecule has 1 aliphatic heterocycles. The van der Waals surface area contributed by atoms with Crippen molar-refractivity contribution in [1.82, 2.24) is 15.1 Å². The van der Waals surface area contributed by atoms with Gasteiger partial charge < -0.3 is 9.64 Å². The number of carbonyl (C=O) groups is 1. The van der Waals surface area contributed by atoms with Crippen LogP contribution in [0.15, 0.2) is 30.5 Å². The monoisotopic (exact) mass is 377 g/mol. The van der Waals surface area contributed by atoms with E-state index in [9.17, 15) is 4.79 Å². The van der Waals surface area contributed by atoms with Crippen molar-refractivity contribution in [3.8, 4) is 5.88 Å². The highest BCUT2D eigenvalue weighted by atomic mass is 79.9. The third-order valence-corrected chi connectivity index (χ3v) is 4.69. The molecule has 0 saturated carbocycles. The first-order chi connectivity index (χ1) is 11.3. The van der Waals surface area contributed by atoms with Gasteiger partial charge in [0, 0.05) is 48.5 Å². The number of amides is 1. The molecule has 1 fully saturated rings. The van der Waals surface area contributed by atoms with E-state index in [0.717, 1.165) is 48.5 Å². The van der Waals surface area contributed by atoms with E-state index in [1.54, 1.807) is 6.20 Å². The maximum absolute atomic E-state index is 12.0. The Morgan fingerprint density at radius 3 is 2.87 bits per heavy atom. The van der Waals surface area contributed by atoms with Crippen molar-refractivity contribution in [2.75, 3.05) is 18.4 Å². The minimum Gasteiger partial charge on any atom is -0.473 e. The van der Waals surface area contributed by atoms with Gasteiger partial charge in [0.05, 0.1) is 6.20 Å². The van der Waals surface area contributed by atoms with Gasteiger partial charge in [0.1, 0.15) is 6.10 Å². The molecular weight excluding hydrogens is 358 g/mol. The molecule has 6 heteroatoms. The van der Waals surface area contributed by atoms with Crippen molar-refractivity contribution in [3.05, 3.63) is 30.5 Å². The fraction of sp³-hybridized carbons (Fsp3) is 0.471. The summed E-state index contributed by atoms with van der Waals surface area (Å²) in [5, 5.41) is 11.0. The zero-order valence-corrected chi connectivity index (χ0v) is 14.5. The molecule has 0 radical (unpaired) electrons. The lowest BCUT2D eigenvalue weighted by atomic mass is 10.1. The van der Waals surface area contributed by atoms with Crippen molar-refractivity contribution in [3.63, 3.8) is 0 Å². The van der Waals surface area contributed by atoms with Crippen LogP contribution < -0.4 is 4.74 Å². The zero-order valence-electron chi connectivity index (χ0n) is 12.9. The molecule has 1 amide bonds. The largest absolute Gasteiger partial charge is 0.473 e. The minimum atomic E-state index is 0.0929. The molecular formula is C17H20BrN3O2. The normalized spacial score (nSPS) is 15.8. The molecule has 2 aromatic rings. The SMILES string of the molecule is O=C(CCCBr)N1CCC(Oc2nncc3ccccc23)CC1. The van der Waals surface area contributed by atoms with E-state index in [4.69, 9.17) is 4.74 Å². The first kappa shape index (κ1) is 16.2. The lowest BCUT2D eigenvalue weighted by molar-refractivity contribution is -0.133. The highest BCUT2D eigenvalue weighted by Gasteiger charge is 2.24. The van der Waals surface area contributed by atoms with Gasteiger partial charge in [0.2, 0.25) is 11.8 Å². The molecule has 1 aliphatic rings. The van der Waals surface area contributed by atoms with E-state index >= 15 is 0 Å². The number of halogens is 1. The summed E-state index contributed by atoms with van der Waals surface area (Å²) in [5.41, 5.74) is 0. The number of rotatable bonds is 5. The van der Waals surface area contributed by atoms with E-state index in [1.165, 1.54) is 0 Å². The quantitative estimate of drug-likeness (QED) is 0.750. The lowest BCUT2D eigenvalue weighted by Gasteiger charge is -2.32. The zero-order chi connectivity index (χ0) is 16.1. The van der Waals surface area contributed by atoms with E-state index in [-0.39, 0.29) is 12.0 Å². The van der Waals surface area contributed by atoms with Crippen LogP contribution in [0.25, 0.3) is 10.8 Å². The van der Waals surface area contributed by atoms with E-state index < -0.39 is 0 Å². The van der Waals surface area contributed by atoms with Gasteiger partial charge in [-0.2, -0.15) is 5.10 Å². The van der Waals surface area contributed by atoms with Gasteiger partial charge in [-0.05, 0) is 12.5 Å². The van der Waals surface area contributed by atoms with Crippen LogP contribution in [0.2, 0.25) is 0 Å². The molecule has 122 valence electrons. The number of aromatic nitrogens is 2. The highest BCUT2D eigenvalue weighted by Crippen LogP contribution is 2.25. The minimum absolute atomic E-state index is 0.0929. The van der Waals surface area contributed by atoms with Crippen LogP contribution in [0.4, 0.5) is 0 Å². The second kappa shape index (κ2) is 7.73. The maximum atomic E-state index is 12.0. The number of piperidine rings is 1. The van der Waals surface area contributed by atoms with Crippen LogP contribution in [0.3, 0.4) is 0 Å². The summed E-state index contributed by atoms with van der Waals surface area (Å²) in [6.45, 7) is 1.51. The van der Waals surface area contributed by atoms with Crippen molar-refractivity contribution < 1.29 is 9.53 Å². The van der Waals surface area contributed by atoms with Crippen molar-refractivity contribution in [2.45, 2.75) is 31.8 Å². The van der Waals surface area contributed by atoms with Crippen LogP contribution in [0, 0.1) is 0 Å². The Morgan fingerprint density at radius 1 is 1.30 bits per heavy atom. The van der Waals surface area contributed by atoms with Crippen LogP contribution >= 0.6 is 15.9 Å². The number of likely N-dealkylation sites (tertiary alicyclic amines) is 1. The van der Waals surface area contributed by atoms with E-state index in [2.05, 4.69) is 26.1 Å². The number of carbonyl (C=O) groups excluding carboxylic acids is 1. The summed E-state index contributed by atoms with van der Waals surface area (Å²) in [5.74, 6) is 0.833. The van der Waals surface area contributed by atoms with Crippen LogP contribution in [-0.4, -0.2) is 45.5 Å². The van der Waals surface area contributed by atoms with Crippen molar-refractivity contribution in [1.29, 1.82) is 0 Å². The Labute approximate surface area is 144 Å². The Balaban J connectivity index is 1.59.